The topological polar surface area (TPSA) is 59.3 Å². The molecule has 0 bridgehead atoms. The predicted molar refractivity (Wildman–Crippen MR) is 107 cm³/mol. The Balaban J connectivity index is 1.68. The highest BCUT2D eigenvalue weighted by Gasteiger charge is 2.13. The fourth-order valence-electron chi connectivity index (χ4n) is 2.39. The maximum atomic E-state index is 12.0. The van der Waals surface area contributed by atoms with Gasteiger partial charge in [0.15, 0.2) is 0 Å². The zero-order chi connectivity index (χ0) is 18.5. The molecule has 0 saturated carbocycles. The normalized spacial score (nSPS) is 11.0. The summed E-state index contributed by atoms with van der Waals surface area (Å²) < 4.78 is 2.61. The first-order valence-corrected chi connectivity index (χ1v) is 9.08. The molecule has 1 N–H and O–H groups in total. The van der Waals surface area contributed by atoms with Gasteiger partial charge in [-0.05, 0) is 36.8 Å². The van der Waals surface area contributed by atoms with E-state index in [9.17, 15) is 4.79 Å². The Morgan fingerprint density at radius 1 is 1.23 bits per heavy atom. The van der Waals surface area contributed by atoms with E-state index in [4.69, 9.17) is 11.6 Å². The van der Waals surface area contributed by atoms with Crippen LogP contribution in [0.1, 0.15) is 16.8 Å². The van der Waals surface area contributed by atoms with Crippen molar-refractivity contribution in [2.45, 2.75) is 13.3 Å². The van der Waals surface area contributed by atoms with Crippen molar-refractivity contribution in [2.75, 3.05) is 0 Å². The summed E-state index contributed by atoms with van der Waals surface area (Å²) in [7, 11) is 0. The van der Waals surface area contributed by atoms with Gasteiger partial charge in [0.25, 0.3) is 0 Å². The highest BCUT2D eigenvalue weighted by Crippen LogP contribution is 2.21. The lowest BCUT2D eigenvalue weighted by Gasteiger charge is -2.02. The van der Waals surface area contributed by atoms with E-state index in [1.165, 1.54) is 6.21 Å². The summed E-state index contributed by atoms with van der Waals surface area (Å²) in [6.07, 6.45) is 1.77. The van der Waals surface area contributed by atoms with Gasteiger partial charge in [0.2, 0.25) is 5.91 Å². The van der Waals surface area contributed by atoms with E-state index in [0.717, 1.165) is 21.4 Å². The van der Waals surface area contributed by atoms with Crippen LogP contribution >= 0.6 is 27.5 Å². The van der Waals surface area contributed by atoms with Gasteiger partial charge in [-0.3, -0.25) is 4.79 Å². The minimum absolute atomic E-state index is 0.201. The SMILES string of the molecule is Cc1nn(-c2ccccc2)c(Cl)c1C=NNC(=O)Cc1ccc(Br)cc1. The van der Waals surface area contributed by atoms with Crippen LogP contribution in [-0.4, -0.2) is 21.9 Å². The van der Waals surface area contributed by atoms with Crippen molar-refractivity contribution in [3.05, 3.63) is 81.0 Å². The first kappa shape index (κ1) is 18.4. The van der Waals surface area contributed by atoms with Crippen LogP contribution in [0.3, 0.4) is 0 Å². The van der Waals surface area contributed by atoms with Gasteiger partial charge in [-0.1, -0.05) is 57.9 Å². The summed E-state index contributed by atoms with van der Waals surface area (Å²) in [5.41, 5.74) is 5.68. The van der Waals surface area contributed by atoms with Crippen LogP contribution < -0.4 is 5.43 Å². The molecule has 0 saturated heterocycles. The minimum Gasteiger partial charge on any atom is -0.273 e. The number of para-hydroxylation sites is 1. The van der Waals surface area contributed by atoms with E-state index >= 15 is 0 Å². The molecule has 1 aromatic heterocycles. The zero-order valence-electron chi connectivity index (χ0n) is 14.0. The van der Waals surface area contributed by atoms with E-state index < -0.39 is 0 Å². The largest absolute Gasteiger partial charge is 0.273 e. The Morgan fingerprint density at radius 3 is 2.62 bits per heavy atom. The number of amides is 1. The molecule has 1 amide bonds. The monoisotopic (exact) mass is 430 g/mol. The quantitative estimate of drug-likeness (QED) is 0.484. The van der Waals surface area contributed by atoms with E-state index in [1.54, 1.807) is 4.68 Å². The lowest BCUT2D eigenvalue weighted by molar-refractivity contribution is -0.120. The second-order valence-electron chi connectivity index (χ2n) is 5.63. The van der Waals surface area contributed by atoms with E-state index in [0.29, 0.717) is 10.7 Å². The third-order valence-corrected chi connectivity index (χ3v) is 4.60. The summed E-state index contributed by atoms with van der Waals surface area (Å²) in [5, 5.41) is 8.89. The highest BCUT2D eigenvalue weighted by atomic mass is 79.9. The summed E-state index contributed by atoms with van der Waals surface area (Å²) in [6, 6.07) is 17.2. The number of nitrogens with one attached hydrogen (secondary N) is 1. The van der Waals surface area contributed by atoms with Crippen LogP contribution in [0.15, 0.2) is 64.2 Å². The Bertz CT molecular complexity index is 936. The molecule has 2 aromatic carbocycles. The number of nitrogens with zero attached hydrogens (tertiary/aromatic N) is 3. The van der Waals surface area contributed by atoms with Crippen LogP contribution in [0.4, 0.5) is 0 Å². The Kier molecular flexibility index (Phi) is 5.85. The third-order valence-electron chi connectivity index (χ3n) is 3.71. The van der Waals surface area contributed by atoms with E-state index in [2.05, 4.69) is 31.6 Å². The molecule has 7 heteroatoms. The molecule has 0 aliphatic heterocycles. The van der Waals surface area contributed by atoms with Gasteiger partial charge in [0.1, 0.15) is 5.15 Å². The number of carbonyl (C=O) groups excluding carboxylic acids is 1. The number of hydrogen-bond donors (Lipinski definition) is 1. The zero-order valence-corrected chi connectivity index (χ0v) is 16.3. The number of benzene rings is 2. The second-order valence-corrected chi connectivity index (χ2v) is 6.91. The number of carbonyl (C=O) groups is 1. The van der Waals surface area contributed by atoms with Crippen LogP contribution in [0.5, 0.6) is 0 Å². The number of halogens is 2. The van der Waals surface area contributed by atoms with Crippen molar-refractivity contribution < 1.29 is 4.79 Å². The molecule has 3 aromatic rings. The molecule has 5 nitrogen and oxygen atoms in total. The number of aryl methyl sites for hydroxylation is 1. The summed E-state index contributed by atoms with van der Waals surface area (Å²) >= 11 is 9.78. The van der Waals surface area contributed by atoms with Gasteiger partial charge in [0.05, 0.1) is 29.6 Å². The maximum absolute atomic E-state index is 12.0. The molecule has 0 spiro atoms. The molecule has 1 heterocycles. The van der Waals surface area contributed by atoms with Crippen LogP contribution in [0, 0.1) is 6.92 Å². The molecular weight excluding hydrogens is 416 g/mol. The molecule has 26 heavy (non-hydrogen) atoms. The molecule has 3 rings (SSSR count). The van der Waals surface area contributed by atoms with Gasteiger partial charge in [-0.2, -0.15) is 10.2 Å². The smallest absolute Gasteiger partial charge is 0.244 e. The first-order chi connectivity index (χ1) is 12.5. The maximum Gasteiger partial charge on any atom is 0.244 e. The van der Waals surface area contributed by atoms with E-state index in [1.807, 2.05) is 61.5 Å². The molecule has 0 aliphatic rings. The molecule has 132 valence electrons. The van der Waals surface area contributed by atoms with Crippen molar-refractivity contribution in [1.82, 2.24) is 15.2 Å². The molecule has 0 atom stereocenters. The van der Waals surface area contributed by atoms with Crippen molar-refractivity contribution >= 4 is 39.7 Å². The number of hydrazone groups is 1. The van der Waals surface area contributed by atoms with Crippen LogP contribution in [-0.2, 0) is 11.2 Å². The fourth-order valence-corrected chi connectivity index (χ4v) is 2.98. The number of rotatable bonds is 5. The van der Waals surface area contributed by atoms with Gasteiger partial charge < -0.3 is 0 Å². The van der Waals surface area contributed by atoms with Crippen molar-refractivity contribution in [2.24, 2.45) is 5.10 Å². The lowest BCUT2D eigenvalue weighted by Crippen LogP contribution is -2.19. The minimum atomic E-state index is -0.201. The van der Waals surface area contributed by atoms with Gasteiger partial charge in [-0.25, -0.2) is 10.1 Å². The van der Waals surface area contributed by atoms with Crippen molar-refractivity contribution in [3.8, 4) is 5.69 Å². The first-order valence-electron chi connectivity index (χ1n) is 7.91. The van der Waals surface area contributed by atoms with Crippen LogP contribution in [0.25, 0.3) is 5.69 Å². The third kappa shape index (κ3) is 4.39. The van der Waals surface area contributed by atoms with Gasteiger partial charge in [-0.15, -0.1) is 0 Å². The standard InChI is InChI=1S/C19H16BrClN4O/c1-13-17(19(21)25(24-13)16-5-3-2-4-6-16)12-22-23-18(26)11-14-7-9-15(20)10-8-14/h2-10,12H,11H2,1H3,(H,23,26). The Hall–Kier alpha value is -2.44. The van der Waals surface area contributed by atoms with Crippen LogP contribution in [0.2, 0.25) is 5.15 Å². The molecule has 0 radical (unpaired) electrons. The van der Waals surface area contributed by atoms with Gasteiger partial charge in [0, 0.05) is 4.47 Å². The van der Waals surface area contributed by atoms with E-state index in [-0.39, 0.29) is 12.3 Å². The van der Waals surface area contributed by atoms with Crippen molar-refractivity contribution in [1.29, 1.82) is 0 Å². The second kappa shape index (κ2) is 8.29. The Morgan fingerprint density at radius 2 is 1.92 bits per heavy atom. The van der Waals surface area contributed by atoms with Crippen molar-refractivity contribution in [3.63, 3.8) is 0 Å². The molecular formula is C19H16BrClN4O. The summed E-state index contributed by atoms with van der Waals surface area (Å²) in [5.74, 6) is -0.201. The summed E-state index contributed by atoms with van der Waals surface area (Å²) in [4.78, 5) is 12.0. The predicted octanol–water partition coefficient (Wildman–Crippen LogP) is 4.29. The molecule has 0 unspecified atom stereocenters. The fraction of sp³-hybridized carbons (Fsp3) is 0.105. The average molecular weight is 432 g/mol. The average Bonchev–Trinajstić information content (AvgIpc) is 2.92. The molecule has 0 fully saturated rings. The highest BCUT2D eigenvalue weighted by molar-refractivity contribution is 9.10. The summed E-state index contributed by atoms with van der Waals surface area (Å²) in [6.45, 7) is 1.84. The number of aromatic nitrogens is 2. The molecule has 0 aliphatic carbocycles. The number of hydrogen-bond acceptors (Lipinski definition) is 3. The van der Waals surface area contributed by atoms with Gasteiger partial charge >= 0.3 is 0 Å². The lowest BCUT2D eigenvalue weighted by atomic mass is 10.1. The Labute approximate surface area is 164 Å².